The summed E-state index contributed by atoms with van der Waals surface area (Å²) in [7, 11) is 0. The standard InChI is InChI=1S/C19H27N3O6/c1-12(2)10-20-17(25)22-15(23)11-27-16(24)13-6-8-14(9-7-13)21-18(26)28-19(3,4)5/h6-9,12H,10-11H2,1-5H3,(H,21,26)(H2,20,22,23,25). The maximum absolute atomic E-state index is 12.0. The molecule has 0 heterocycles. The molecule has 9 heteroatoms. The fourth-order valence-corrected chi connectivity index (χ4v) is 1.83. The Bertz CT molecular complexity index is 707. The number of imide groups is 1. The molecule has 1 aromatic rings. The van der Waals surface area contributed by atoms with Crippen molar-refractivity contribution < 1.29 is 28.7 Å². The third-order valence-electron chi connectivity index (χ3n) is 3.02. The smallest absolute Gasteiger partial charge is 0.412 e. The van der Waals surface area contributed by atoms with E-state index in [4.69, 9.17) is 9.47 Å². The second-order valence-corrected chi connectivity index (χ2v) is 7.43. The van der Waals surface area contributed by atoms with E-state index in [1.165, 1.54) is 24.3 Å². The van der Waals surface area contributed by atoms with E-state index in [0.29, 0.717) is 12.2 Å². The van der Waals surface area contributed by atoms with Gasteiger partial charge in [-0.2, -0.15) is 0 Å². The van der Waals surface area contributed by atoms with E-state index in [1.807, 2.05) is 13.8 Å². The number of carbonyl (C=O) groups is 4. The van der Waals surface area contributed by atoms with Crippen LogP contribution in [-0.4, -0.2) is 42.8 Å². The summed E-state index contributed by atoms with van der Waals surface area (Å²) in [6.45, 7) is 8.90. The summed E-state index contributed by atoms with van der Waals surface area (Å²) < 4.78 is 9.99. The van der Waals surface area contributed by atoms with Crippen molar-refractivity contribution in [3.8, 4) is 0 Å². The minimum atomic E-state index is -0.738. The largest absolute Gasteiger partial charge is 0.452 e. The number of nitrogens with one attached hydrogen (secondary N) is 3. The molecular formula is C19H27N3O6. The summed E-state index contributed by atoms with van der Waals surface area (Å²) in [6, 6.07) is 5.22. The molecule has 0 aliphatic rings. The van der Waals surface area contributed by atoms with Crippen molar-refractivity contribution in [1.82, 2.24) is 10.6 Å². The van der Waals surface area contributed by atoms with Crippen LogP contribution in [0.25, 0.3) is 0 Å². The molecule has 0 aliphatic carbocycles. The monoisotopic (exact) mass is 393 g/mol. The van der Waals surface area contributed by atoms with Crippen LogP contribution in [0.1, 0.15) is 45.0 Å². The maximum atomic E-state index is 12.0. The van der Waals surface area contributed by atoms with Crippen LogP contribution in [0, 0.1) is 5.92 Å². The predicted molar refractivity (Wildman–Crippen MR) is 103 cm³/mol. The molecule has 0 saturated heterocycles. The summed E-state index contributed by atoms with van der Waals surface area (Å²) in [5.74, 6) is -1.23. The van der Waals surface area contributed by atoms with E-state index in [-0.39, 0.29) is 11.5 Å². The van der Waals surface area contributed by atoms with Crippen LogP contribution >= 0.6 is 0 Å². The van der Waals surface area contributed by atoms with Gasteiger partial charge in [0.2, 0.25) is 0 Å². The van der Waals surface area contributed by atoms with E-state index in [9.17, 15) is 19.2 Å². The van der Waals surface area contributed by atoms with E-state index >= 15 is 0 Å². The Balaban J connectivity index is 2.45. The number of hydrogen-bond donors (Lipinski definition) is 3. The van der Waals surface area contributed by atoms with Gasteiger partial charge in [-0.25, -0.2) is 14.4 Å². The average molecular weight is 393 g/mol. The van der Waals surface area contributed by atoms with Crippen molar-refractivity contribution in [2.45, 2.75) is 40.2 Å². The Hall–Kier alpha value is -3.10. The van der Waals surface area contributed by atoms with Gasteiger partial charge in [0.1, 0.15) is 5.60 Å². The zero-order valence-corrected chi connectivity index (χ0v) is 16.8. The molecule has 4 amide bonds. The topological polar surface area (TPSA) is 123 Å². The predicted octanol–water partition coefficient (Wildman–Crippen LogP) is 2.67. The van der Waals surface area contributed by atoms with Crippen LogP contribution in [0.3, 0.4) is 0 Å². The maximum Gasteiger partial charge on any atom is 0.412 e. The molecule has 0 atom stereocenters. The molecular weight excluding hydrogens is 366 g/mol. The summed E-state index contributed by atoms with van der Waals surface area (Å²) in [6.07, 6.45) is -0.616. The summed E-state index contributed by atoms with van der Waals surface area (Å²) in [5, 5.41) is 7.11. The minimum absolute atomic E-state index is 0.187. The second-order valence-electron chi connectivity index (χ2n) is 7.43. The molecule has 0 aliphatic heterocycles. The fourth-order valence-electron chi connectivity index (χ4n) is 1.83. The number of carbonyl (C=O) groups excluding carboxylic acids is 4. The number of ether oxygens (including phenoxy) is 2. The second kappa shape index (κ2) is 10.3. The van der Waals surface area contributed by atoms with Crippen LogP contribution in [0.2, 0.25) is 0 Å². The van der Waals surface area contributed by atoms with E-state index < -0.39 is 36.2 Å². The molecule has 28 heavy (non-hydrogen) atoms. The van der Waals surface area contributed by atoms with Gasteiger partial charge in [-0.15, -0.1) is 0 Å². The first kappa shape index (κ1) is 22.9. The van der Waals surface area contributed by atoms with Gasteiger partial charge in [0.15, 0.2) is 6.61 Å². The van der Waals surface area contributed by atoms with Gasteiger partial charge in [-0.3, -0.25) is 15.4 Å². The van der Waals surface area contributed by atoms with Crippen LogP contribution in [0.4, 0.5) is 15.3 Å². The lowest BCUT2D eigenvalue weighted by molar-refractivity contribution is -0.123. The van der Waals surface area contributed by atoms with Crippen molar-refractivity contribution in [1.29, 1.82) is 0 Å². The third kappa shape index (κ3) is 9.56. The highest BCUT2D eigenvalue weighted by Gasteiger charge is 2.17. The molecule has 0 radical (unpaired) electrons. The molecule has 0 fully saturated rings. The Labute approximate surface area is 164 Å². The number of anilines is 1. The molecule has 1 aromatic carbocycles. The van der Waals surface area contributed by atoms with Crippen molar-refractivity contribution >= 4 is 29.7 Å². The third-order valence-corrected chi connectivity index (χ3v) is 3.02. The normalized spacial score (nSPS) is 10.8. The molecule has 0 bridgehead atoms. The first-order chi connectivity index (χ1) is 13.0. The molecule has 0 saturated carbocycles. The van der Waals surface area contributed by atoms with Gasteiger partial charge in [-0.05, 0) is 51.0 Å². The summed E-state index contributed by atoms with van der Waals surface area (Å²) in [4.78, 5) is 46.7. The number of esters is 1. The zero-order chi connectivity index (χ0) is 21.3. The highest BCUT2D eigenvalue weighted by atomic mass is 16.6. The van der Waals surface area contributed by atoms with Gasteiger partial charge < -0.3 is 14.8 Å². The number of rotatable bonds is 6. The lowest BCUT2D eigenvalue weighted by Gasteiger charge is -2.19. The lowest BCUT2D eigenvalue weighted by atomic mass is 10.2. The van der Waals surface area contributed by atoms with Gasteiger partial charge in [0.25, 0.3) is 5.91 Å². The van der Waals surface area contributed by atoms with Gasteiger partial charge >= 0.3 is 18.1 Å². The Morgan fingerprint density at radius 2 is 1.64 bits per heavy atom. The van der Waals surface area contributed by atoms with Crippen molar-refractivity contribution in [3.63, 3.8) is 0 Å². The van der Waals surface area contributed by atoms with Crippen LogP contribution < -0.4 is 16.0 Å². The number of benzene rings is 1. The highest BCUT2D eigenvalue weighted by molar-refractivity contribution is 5.97. The highest BCUT2D eigenvalue weighted by Crippen LogP contribution is 2.13. The van der Waals surface area contributed by atoms with Gasteiger partial charge in [0, 0.05) is 12.2 Å². The minimum Gasteiger partial charge on any atom is -0.452 e. The molecule has 9 nitrogen and oxygen atoms in total. The van der Waals surface area contributed by atoms with E-state index in [1.54, 1.807) is 20.8 Å². The molecule has 3 N–H and O–H groups in total. The summed E-state index contributed by atoms with van der Waals surface area (Å²) >= 11 is 0. The SMILES string of the molecule is CC(C)CNC(=O)NC(=O)COC(=O)c1ccc(NC(=O)OC(C)(C)C)cc1. The Morgan fingerprint density at radius 1 is 1.04 bits per heavy atom. The summed E-state index contributed by atoms with van der Waals surface area (Å²) in [5.41, 5.74) is -0.00253. The van der Waals surface area contributed by atoms with E-state index in [0.717, 1.165) is 0 Å². The zero-order valence-electron chi connectivity index (χ0n) is 16.8. The Kier molecular flexibility index (Phi) is 8.43. The van der Waals surface area contributed by atoms with Crippen LogP contribution in [0.15, 0.2) is 24.3 Å². The molecule has 0 spiro atoms. The van der Waals surface area contributed by atoms with Crippen LogP contribution in [-0.2, 0) is 14.3 Å². The molecule has 0 aromatic heterocycles. The first-order valence-corrected chi connectivity index (χ1v) is 8.81. The lowest BCUT2D eigenvalue weighted by Crippen LogP contribution is -2.42. The van der Waals surface area contributed by atoms with Crippen molar-refractivity contribution in [3.05, 3.63) is 29.8 Å². The van der Waals surface area contributed by atoms with Crippen molar-refractivity contribution in [2.24, 2.45) is 5.92 Å². The number of amides is 4. The number of urea groups is 1. The van der Waals surface area contributed by atoms with Gasteiger partial charge in [0.05, 0.1) is 5.56 Å². The molecule has 154 valence electrons. The average Bonchev–Trinajstić information content (AvgIpc) is 2.56. The van der Waals surface area contributed by atoms with E-state index in [2.05, 4.69) is 16.0 Å². The van der Waals surface area contributed by atoms with Crippen LogP contribution in [0.5, 0.6) is 0 Å². The number of hydrogen-bond acceptors (Lipinski definition) is 6. The first-order valence-electron chi connectivity index (χ1n) is 8.81. The van der Waals surface area contributed by atoms with Crippen molar-refractivity contribution in [2.75, 3.05) is 18.5 Å². The molecule has 1 rings (SSSR count). The van der Waals surface area contributed by atoms with Gasteiger partial charge in [-0.1, -0.05) is 13.8 Å². The fraction of sp³-hybridized carbons (Fsp3) is 0.474. The Morgan fingerprint density at radius 3 is 2.18 bits per heavy atom. The molecule has 0 unspecified atom stereocenters. The quantitative estimate of drug-likeness (QED) is 0.639.